The first-order valence-corrected chi connectivity index (χ1v) is 10.8. The summed E-state index contributed by atoms with van der Waals surface area (Å²) < 4.78 is 7.18. The fraction of sp³-hybridized carbons (Fsp3) is 0.391. The molecule has 0 spiro atoms. The SMILES string of the molecule is CCN(CC)CCC(=O)C1Cc2ncnc(Oc3ccc4c(ccn4C(=O)O)c3)c2CN1. The number of carbonyl (C=O) groups excluding carboxylic acids is 1. The monoisotopic (exact) mass is 437 g/mol. The molecule has 168 valence electrons. The molecule has 2 aromatic heterocycles. The number of ketones is 1. The van der Waals surface area contributed by atoms with Crippen LogP contribution < -0.4 is 10.1 Å². The molecule has 0 amide bonds. The van der Waals surface area contributed by atoms with E-state index < -0.39 is 6.09 Å². The fourth-order valence-corrected chi connectivity index (χ4v) is 4.04. The zero-order chi connectivity index (χ0) is 22.7. The predicted octanol–water partition coefficient (Wildman–Crippen LogP) is 3.07. The molecular weight excluding hydrogens is 410 g/mol. The number of carbonyl (C=O) groups is 2. The van der Waals surface area contributed by atoms with E-state index in [1.165, 1.54) is 12.5 Å². The van der Waals surface area contributed by atoms with Crippen LogP contribution in [0.5, 0.6) is 11.6 Å². The summed E-state index contributed by atoms with van der Waals surface area (Å²) in [5.74, 6) is 1.18. The third kappa shape index (κ3) is 4.49. The quantitative estimate of drug-likeness (QED) is 0.553. The number of benzene rings is 1. The van der Waals surface area contributed by atoms with E-state index in [2.05, 4.69) is 34.0 Å². The molecule has 9 heteroatoms. The summed E-state index contributed by atoms with van der Waals surface area (Å²) >= 11 is 0. The van der Waals surface area contributed by atoms with Crippen molar-refractivity contribution in [3.8, 4) is 11.6 Å². The Labute approximate surface area is 186 Å². The molecule has 1 aliphatic rings. The number of rotatable bonds is 8. The van der Waals surface area contributed by atoms with E-state index in [1.54, 1.807) is 24.3 Å². The van der Waals surface area contributed by atoms with E-state index in [9.17, 15) is 14.7 Å². The van der Waals surface area contributed by atoms with Crippen molar-refractivity contribution in [2.75, 3.05) is 19.6 Å². The van der Waals surface area contributed by atoms with Gasteiger partial charge in [-0.1, -0.05) is 13.8 Å². The van der Waals surface area contributed by atoms with Crippen LogP contribution in [0.4, 0.5) is 4.79 Å². The van der Waals surface area contributed by atoms with Crippen LogP contribution in [0.1, 0.15) is 31.5 Å². The van der Waals surface area contributed by atoms with E-state index in [-0.39, 0.29) is 11.8 Å². The van der Waals surface area contributed by atoms with Crippen LogP contribution in [-0.2, 0) is 17.8 Å². The first-order chi connectivity index (χ1) is 15.5. The van der Waals surface area contributed by atoms with Gasteiger partial charge in [-0.25, -0.2) is 14.8 Å². The van der Waals surface area contributed by atoms with Gasteiger partial charge in [-0.15, -0.1) is 0 Å². The lowest BCUT2D eigenvalue weighted by Crippen LogP contribution is -2.43. The molecule has 1 aromatic carbocycles. The Morgan fingerprint density at radius 3 is 2.81 bits per heavy atom. The average Bonchev–Trinajstić information content (AvgIpc) is 3.23. The zero-order valence-electron chi connectivity index (χ0n) is 18.2. The van der Waals surface area contributed by atoms with Crippen molar-refractivity contribution in [3.05, 3.63) is 48.0 Å². The molecule has 1 unspecified atom stereocenters. The average molecular weight is 438 g/mol. The molecule has 0 saturated heterocycles. The molecule has 3 aromatic rings. The number of nitrogens with one attached hydrogen (secondary N) is 1. The van der Waals surface area contributed by atoms with Crippen molar-refractivity contribution < 1.29 is 19.4 Å². The highest BCUT2D eigenvalue weighted by Crippen LogP contribution is 2.30. The number of hydrogen-bond donors (Lipinski definition) is 2. The highest BCUT2D eigenvalue weighted by atomic mass is 16.5. The van der Waals surface area contributed by atoms with E-state index in [4.69, 9.17) is 4.74 Å². The van der Waals surface area contributed by atoms with Crippen LogP contribution in [0.15, 0.2) is 36.8 Å². The molecule has 2 N–H and O–H groups in total. The summed E-state index contributed by atoms with van der Waals surface area (Å²) in [6.07, 6.45) is 2.94. The first-order valence-electron chi connectivity index (χ1n) is 10.8. The van der Waals surface area contributed by atoms with Crippen LogP contribution >= 0.6 is 0 Å². The van der Waals surface area contributed by atoms with Crippen LogP contribution in [-0.4, -0.2) is 62.1 Å². The van der Waals surface area contributed by atoms with Gasteiger partial charge in [0.25, 0.3) is 0 Å². The summed E-state index contributed by atoms with van der Waals surface area (Å²) in [6.45, 7) is 7.28. The molecule has 0 radical (unpaired) electrons. The molecule has 4 rings (SSSR count). The smallest absolute Gasteiger partial charge is 0.415 e. The first kappa shape index (κ1) is 21.9. The van der Waals surface area contributed by atoms with Crippen molar-refractivity contribution >= 4 is 22.8 Å². The predicted molar refractivity (Wildman–Crippen MR) is 119 cm³/mol. The lowest BCUT2D eigenvalue weighted by Gasteiger charge is -2.26. The summed E-state index contributed by atoms with van der Waals surface area (Å²) in [7, 11) is 0. The summed E-state index contributed by atoms with van der Waals surface area (Å²) in [4.78, 5) is 34.9. The van der Waals surface area contributed by atoms with Crippen LogP contribution in [0.25, 0.3) is 10.9 Å². The maximum atomic E-state index is 12.7. The summed E-state index contributed by atoms with van der Waals surface area (Å²) in [5, 5.41) is 13.3. The maximum Gasteiger partial charge on any atom is 0.415 e. The molecule has 0 fully saturated rings. The maximum absolute atomic E-state index is 12.7. The Kier molecular flexibility index (Phi) is 6.48. The van der Waals surface area contributed by atoms with Crippen molar-refractivity contribution in [3.63, 3.8) is 0 Å². The van der Waals surface area contributed by atoms with Gasteiger partial charge in [0.2, 0.25) is 5.88 Å². The Hall–Kier alpha value is -3.30. The fourth-order valence-electron chi connectivity index (χ4n) is 4.04. The van der Waals surface area contributed by atoms with Crippen LogP contribution in [0.2, 0.25) is 0 Å². The van der Waals surface area contributed by atoms with Crippen molar-refractivity contribution in [2.45, 2.75) is 39.3 Å². The van der Waals surface area contributed by atoms with Gasteiger partial charge in [0, 0.05) is 37.5 Å². The number of ether oxygens (including phenoxy) is 1. The molecule has 1 atom stereocenters. The third-order valence-corrected chi connectivity index (χ3v) is 5.96. The second-order valence-electron chi connectivity index (χ2n) is 7.78. The Balaban J connectivity index is 1.47. The molecule has 1 aliphatic heterocycles. The zero-order valence-corrected chi connectivity index (χ0v) is 18.2. The van der Waals surface area contributed by atoms with Gasteiger partial charge in [0.15, 0.2) is 5.78 Å². The molecule has 9 nitrogen and oxygen atoms in total. The molecule has 32 heavy (non-hydrogen) atoms. The minimum Gasteiger partial charge on any atom is -0.464 e. The van der Waals surface area contributed by atoms with Gasteiger partial charge in [-0.3, -0.25) is 9.36 Å². The lowest BCUT2D eigenvalue weighted by atomic mass is 9.97. The highest BCUT2D eigenvalue weighted by Gasteiger charge is 2.27. The minimum atomic E-state index is -1.04. The second-order valence-corrected chi connectivity index (χ2v) is 7.78. The molecular formula is C23H27N5O4. The standard InChI is InChI=1S/C23H27N5O4/c1-3-27(4-2)9-8-21(29)19-12-18-17(13-24-19)22(26-14-25-18)32-16-5-6-20-15(11-16)7-10-28(20)23(30)31/h5-7,10-11,14,19,24H,3-4,8-9,12-13H2,1-2H3,(H,30,31). The van der Waals surface area contributed by atoms with Gasteiger partial charge in [-0.2, -0.15) is 0 Å². The number of hydrogen-bond acceptors (Lipinski definition) is 7. The topological polar surface area (TPSA) is 110 Å². The number of aromatic nitrogens is 3. The van der Waals surface area contributed by atoms with Gasteiger partial charge >= 0.3 is 6.09 Å². The number of Topliss-reactive ketones (excluding diaryl/α,β-unsaturated/α-hetero) is 1. The summed E-state index contributed by atoms with van der Waals surface area (Å²) in [6, 6.07) is 6.66. The van der Waals surface area contributed by atoms with Gasteiger partial charge in [-0.05, 0) is 37.4 Å². The third-order valence-electron chi connectivity index (χ3n) is 5.96. The Morgan fingerprint density at radius 2 is 2.06 bits per heavy atom. The minimum absolute atomic E-state index is 0.192. The largest absolute Gasteiger partial charge is 0.464 e. The highest BCUT2D eigenvalue weighted by molar-refractivity contribution is 5.89. The normalized spacial score (nSPS) is 15.7. The summed E-state index contributed by atoms with van der Waals surface area (Å²) in [5.41, 5.74) is 2.24. The van der Waals surface area contributed by atoms with Gasteiger partial charge < -0.3 is 20.1 Å². The molecule has 3 heterocycles. The molecule has 0 aliphatic carbocycles. The van der Waals surface area contributed by atoms with Crippen molar-refractivity contribution in [1.29, 1.82) is 0 Å². The number of nitrogens with zero attached hydrogens (tertiary/aromatic N) is 4. The molecule has 0 saturated carbocycles. The van der Waals surface area contributed by atoms with Crippen molar-refractivity contribution in [1.82, 2.24) is 24.8 Å². The second kappa shape index (κ2) is 9.46. The van der Waals surface area contributed by atoms with E-state index in [0.717, 1.165) is 40.8 Å². The van der Waals surface area contributed by atoms with Gasteiger partial charge in [0.1, 0.15) is 12.1 Å². The van der Waals surface area contributed by atoms with Crippen LogP contribution in [0, 0.1) is 0 Å². The number of carboxylic acid groups (broad SMARTS) is 1. The van der Waals surface area contributed by atoms with E-state index in [0.29, 0.717) is 36.5 Å². The van der Waals surface area contributed by atoms with E-state index >= 15 is 0 Å². The van der Waals surface area contributed by atoms with Gasteiger partial charge in [0.05, 0.1) is 22.8 Å². The lowest BCUT2D eigenvalue weighted by molar-refractivity contribution is -0.121. The number of fused-ring (bicyclic) bond motifs is 2. The van der Waals surface area contributed by atoms with E-state index in [1.807, 2.05) is 0 Å². The Morgan fingerprint density at radius 1 is 1.25 bits per heavy atom. The van der Waals surface area contributed by atoms with Crippen molar-refractivity contribution in [2.24, 2.45) is 0 Å². The Bertz CT molecular complexity index is 1140. The molecule has 0 bridgehead atoms. The van der Waals surface area contributed by atoms with Crippen LogP contribution in [0.3, 0.4) is 0 Å².